The van der Waals surface area contributed by atoms with Crippen molar-refractivity contribution in [3.8, 4) is 17.2 Å². The monoisotopic (exact) mass is 482 g/mol. The highest BCUT2D eigenvalue weighted by Crippen LogP contribution is 2.30. The van der Waals surface area contributed by atoms with Crippen molar-refractivity contribution >= 4 is 27.7 Å². The number of benzene rings is 3. The fourth-order valence-electron chi connectivity index (χ4n) is 4.26. The summed E-state index contributed by atoms with van der Waals surface area (Å²) in [5.41, 5.74) is 4.30. The SMILES string of the molecule is COc1ccc(C(C)NC(=O)c2ccc3ncc4c(=O)n(-c5ccc(C)cc5)[nH]c4c3c2)cc1OC. The van der Waals surface area contributed by atoms with Crippen LogP contribution in [0.1, 0.15) is 34.5 Å². The second-order valence-corrected chi connectivity index (χ2v) is 8.68. The van der Waals surface area contributed by atoms with Crippen LogP contribution in [0.15, 0.2) is 71.7 Å². The van der Waals surface area contributed by atoms with Gasteiger partial charge in [0.15, 0.2) is 11.5 Å². The van der Waals surface area contributed by atoms with Crippen LogP contribution in [0.2, 0.25) is 0 Å². The number of amides is 1. The number of carbonyl (C=O) groups excluding carboxylic acids is 1. The number of aryl methyl sites for hydroxylation is 1. The van der Waals surface area contributed by atoms with Gasteiger partial charge in [-0.05, 0) is 61.9 Å². The van der Waals surface area contributed by atoms with Crippen molar-refractivity contribution in [1.82, 2.24) is 20.1 Å². The third-order valence-corrected chi connectivity index (χ3v) is 6.33. The molecule has 0 aliphatic rings. The Bertz CT molecular complexity index is 1650. The van der Waals surface area contributed by atoms with Crippen molar-refractivity contribution in [3.63, 3.8) is 0 Å². The van der Waals surface area contributed by atoms with Crippen LogP contribution in [0, 0.1) is 6.92 Å². The van der Waals surface area contributed by atoms with Gasteiger partial charge in [-0.25, -0.2) is 4.68 Å². The van der Waals surface area contributed by atoms with E-state index >= 15 is 0 Å². The normalized spacial score (nSPS) is 12.0. The second-order valence-electron chi connectivity index (χ2n) is 8.68. The summed E-state index contributed by atoms with van der Waals surface area (Å²) in [6.07, 6.45) is 1.57. The van der Waals surface area contributed by atoms with Gasteiger partial charge in [0.05, 0.1) is 42.4 Å². The van der Waals surface area contributed by atoms with Gasteiger partial charge in [-0.3, -0.25) is 19.7 Å². The maximum absolute atomic E-state index is 13.1. The molecule has 0 aliphatic heterocycles. The Hall–Kier alpha value is -4.59. The van der Waals surface area contributed by atoms with Crippen molar-refractivity contribution in [3.05, 3.63) is 93.9 Å². The summed E-state index contributed by atoms with van der Waals surface area (Å²) in [4.78, 5) is 30.7. The number of fused-ring (bicyclic) bond motifs is 3. The highest BCUT2D eigenvalue weighted by atomic mass is 16.5. The van der Waals surface area contributed by atoms with Crippen LogP contribution in [-0.2, 0) is 0 Å². The molecule has 0 spiro atoms. The van der Waals surface area contributed by atoms with Gasteiger partial charge in [-0.2, -0.15) is 0 Å². The Morgan fingerprint density at radius 1 is 0.972 bits per heavy atom. The van der Waals surface area contributed by atoms with Crippen LogP contribution >= 0.6 is 0 Å². The molecule has 8 nitrogen and oxygen atoms in total. The van der Waals surface area contributed by atoms with Gasteiger partial charge in [0.1, 0.15) is 0 Å². The zero-order valence-electron chi connectivity index (χ0n) is 20.5. The molecule has 2 aromatic heterocycles. The van der Waals surface area contributed by atoms with Crippen LogP contribution in [0.4, 0.5) is 0 Å². The number of H-pyrrole nitrogens is 1. The highest BCUT2D eigenvalue weighted by molar-refractivity contribution is 6.06. The van der Waals surface area contributed by atoms with Crippen LogP contribution in [-0.4, -0.2) is 34.9 Å². The van der Waals surface area contributed by atoms with Crippen LogP contribution < -0.4 is 20.3 Å². The fraction of sp³-hybridized carbons (Fsp3) is 0.179. The van der Waals surface area contributed by atoms with E-state index in [1.54, 1.807) is 38.6 Å². The predicted molar refractivity (Wildman–Crippen MR) is 139 cm³/mol. The number of methoxy groups -OCH3 is 2. The molecule has 2 N–H and O–H groups in total. The third kappa shape index (κ3) is 4.07. The summed E-state index contributed by atoms with van der Waals surface area (Å²) in [5.74, 6) is 0.978. The zero-order chi connectivity index (χ0) is 25.4. The number of hydrogen-bond donors (Lipinski definition) is 2. The molecule has 0 aliphatic carbocycles. The van der Waals surface area contributed by atoms with Gasteiger partial charge >= 0.3 is 0 Å². The van der Waals surface area contributed by atoms with Crippen molar-refractivity contribution < 1.29 is 14.3 Å². The lowest BCUT2D eigenvalue weighted by Crippen LogP contribution is -2.26. The van der Waals surface area contributed by atoms with Gasteiger partial charge in [0.25, 0.3) is 11.5 Å². The van der Waals surface area contributed by atoms with E-state index in [-0.39, 0.29) is 17.5 Å². The van der Waals surface area contributed by atoms with Crippen LogP contribution in [0.5, 0.6) is 11.5 Å². The molecule has 8 heteroatoms. The van der Waals surface area contributed by atoms with E-state index in [0.29, 0.717) is 38.9 Å². The third-order valence-electron chi connectivity index (χ3n) is 6.33. The van der Waals surface area contributed by atoms with Gasteiger partial charge in [0, 0.05) is 17.1 Å². The Balaban J connectivity index is 1.49. The van der Waals surface area contributed by atoms with Gasteiger partial charge in [-0.15, -0.1) is 0 Å². The van der Waals surface area contributed by atoms with Crippen LogP contribution in [0.25, 0.3) is 27.5 Å². The average Bonchev–Trinajstić information content (AvgIpc) is 3.24. The van der Waals surface area contributed by atoms with E-state index in [1.807, 2.05) is 56.3 Å². The number of rotatable bonds is 6. The first-order valence-electron chi connectivity index (χ1n) is 11.5. The summed E-state index contributed by atoms with van der Waals surface area (Å²) >= 11 is 0. The minimum absolute atomic E-state index is 0.194. The Morgan fingerprint density at radius 2 is 1.72 bits per heavy atom. The highest BCUT2D eigenvalue weighted by Gasteiger charge is 2.17. The largest absolute Gasteiger partial charge is 0.493 e. The molecule has 0 saturated heterocycles. The smallest absolute Gasteiger partial charge is 0.280 e. The molecule has 1 unspecified atom stereocenters. The van der Waals surface area contributed by atoms with Gasteiger partial charge in [-0.1, -0.05) is 23.8 Å². The molecular formula is C28H26N4O4. The average molecular weight is 483 g/mol. The number of aromatic nitrogens is 3. The van der Waals surface area contributed by atoms with Crippen molar-refractivity contribution in [2.45, 2.75) is 19.9 Å². The molecule has 182 valence electrons. The number of nitrogens with one attached hydrogen (secondary N) is 2. The van der Waals surface area contributed by atoms with Crippen molar-refractivity contribution in [1.29, 1.82) is 0 Å². The standard InChI is InChI=1S/C28H26N4O4/c1-16-5-9-20(10-6-16)32-28(34)22-15-29-23-11-7-19(13-21(23)26(22)31-32)27(33)30-17(2)18-8-12-24(35-3)25(14-18)36-4/h5-15,17,31H,1-4H3,(H,30,33). The Kier molecular flexibility index (Phi) is 5.93. The number of nitrogens with zero attached hydrogens (tertiary/aromatic N) is 2. The summed E-state index contributed by atoms with van der Waals surface area (Å²) in [7, 11) is 3.15. The van der Waals surface area contributed by atoms with Gasteiger partial charge < -0.3 is 14.8 Å². The molecule has 0 saturated carbocycles. The number of aromatic amines is 1. The number of ether oxygens (including phenoxy) is 2. The molecular weight excluding hydrogens is 456 g/mol. The van der Waals surface area contributed by atoms with E-state index in [2.05, 4.69) is 15.4 Å². The maximum atomic E-state index is 13.1. The van der Waals surface area contributed by atoms with E-state index in [9.17, 15) is 9.59 Å². The molecule has 1 amide bonds. The minimum Gasteiger partial charge on any atom is -0.493 e. The van der Waals surface area contributed by atoms with E-state index in [4.69, 9.17) is 9.47 Å². The first kappa shape index (κ1) is 23.2. The summed E-state index contributed by atoms with van der Waals surface area (Å²) in [6.45, 7) is 3.90. The zero-order valence-corrected chi connectivity index (χ0v) is 20.5. The second kappa shape index (κ2) is 9.22. The maximum Gasteiger partial charge on any atom is 0.280 e. The lowest BCUT2D eigenvalue weighted by molar-refractivity contribution is 0.0940. The number of hydrogen-bond acceptors (Lipinski definition) is 5. The molecule has 36 heavy (non-hydrogen) atoms. The summed E-state index contributed by atoms with van der Waals surface area (Å²) in [6, 6.07) is 18.2. The molecule has 2 heterocycles. The molecule has 0 radical (unpaired) electrons. The number of carbonyl (C=O) groups is 1. The van der Waals surface area contributed by atoms with E-state index in [0.717, 1.165) is 16.8 Å². The lowest BCUT2D eigenvalue weighted by atomic mass is 10.1. The minimum atomic E-state index is -0.274. The number of pyridine rings is 1. The van der Waals surface area contributed by atoms with Gasteiger partial charge in [0.2, 0.25) is 0 Å². The Labute approximate surface area is 207 Å². The van der Waals surface area contributed by atoms with Crippen molar-refractivity contribution in [2.24, 2.45) is 0 Å². The summed E-state index contributed by atoms with van der Waals surface area (Å²) < 4.78 is 12.2. The van der Waals surface area contributed by atoms with E-state index < -0.39 is 0 Å². The first-order chi connectivity index (χ1) is 17.4. The van der Waals surface area contributed by atoms with Crippen molar-refractivity contribution in [2.75, 3.05) is 14.2 Å². The first-order valence-corrected chi connectivity index (χ1v) is 11.5. The molecule has 0 fully saturated rings. The van der Waals surface area contributed by atoms with Crippen LogP contribution in [0.3, 0.4) is 0 Å². The molecule has 5 aromatic rings. The topological polar surface area (TPSA) is 98.2 Å². The lowest BCUT2D eigenvalue weighted by Gasteiger charge is -2.17. The summed E-state index contributed by atoms with van der Waals surface area (Å²) in [5, 5.41) is 7.39. The van der Waals surface area contributed by atoms with E-state index in [1.165, 1.54) is 4.68 Å². The molecule has 1 atom stereocenters. The molecule has 0 bridgehead atoms. The predicted octanol–water partition coefficient (Wildman–Crippen LogP) is 4.68. The molecule has 3 aromatic carbocycles. The fourth-order valence-corrected chi connectivity index (χ4v) is 4.26. The Morgan fingerprint density at radius 3 is 2.44 bits per heavy atom. The molecule has 5 rings (SSSR count). The quantitative estimate of drug-likeness (QED) is 0.366.